The summed E-state index contributed by atoms with van der Waals surface area (Å²) in [4.78, 5) is 19.1. The maximum absolute atomic E-state index is 12.3. The van der Waals surface area contributed by atoms with Gasteiger partial charge in [0.2, 0.25) is 0 Å². The molecule has 5 heteroatoms. The number of rotatable bonds is 3. The second kappa shape index (κ2) is 4.96. The largest absolute Gasteiger partial charge is 0.361 e. The second-order valence-corrected chi connectivity index (χ2v) is 5.87. The lowest BCUT2D eigenvalue weighted by atomic mass is 10.1. The predicted molar refractivity (Wildman–Crippen MR) is 75.5 cm³/mol. The fourth-order valence-corrected chi connectivity index (χ4v) is 3.36. The highest BCUT2D eigenvalue weighted by Gasteiger charge is 2.37. The van der Waals surface area contributed by atoms with Gasteiger partial charge in [-0.1, -0.05) is 0 Å². The molecule has 0 aromatic carbocycles. The summed E-state index contributed by atoms with van der Waals surface area (Å²) < 4.78 is 1.73. The van der Waals surface area contributed by atoms with Crippen molar-refractivity contribution < 1.29 is 0 Å². The summed E-state index contributed by atoms with van der Waals surface area (Å²) in [7, 11) is 0. The third kappa shape index (κ3) is 2.27. The molecule has 0 amide bonds. The highest BCUT2D eigenvalue weighted by molar-refractivity contribution is 5.34. The van der Waals surface area contributed by atoms with E-state index < -0.39 is 0 Å². The van der Waals surface area contributed by atoms with Crippen molar-refractivity contribution in [1.82, 2.24) is 14.5 Å². The lowest BCUT2D eigenvalue weighted by Gasteiger charge is -2.22. The second-order valence-electron chi connectivity index (χ2n) is 5.87. The summed E-state index contributed by atoms with van der Waals surface area (Å²) in [6.45, 7) is 6.38. The third-order valence-electron chi connectivity index (χ3n) is 4.35. The smallest absolute Gasteiger partial charge is 0.293 e. The van der Waals surface area contributed by atoms with E-state index in [1.165, 1.54) is 19.4 Å². The van der Waals surface area contributed by atoms with E-state index in [0.717, 1.165) is 13.0 Å². The van der Waals surface area contributed by atoms with E-state index in [0.29, 0.717) is 17.9 Å². The minimum absolute atomic E-state index is 0.00560. The Kier molecular flexibility index (Phi) is 3.31. The first kappa shape index (κ1) is 12.7. The number of fused-ring (bicyclic) bond motifs is 1. The molecule has 1 aromatic rings. The summed E-state index contributed by atoms with van der Waals surface area (Å²) in [5.41, 5.74) is -0.00560. The number of aromatic nitrogens is 2. The molecule has 2 fully saturated rings. The van der Waals surface area contributed by atoms with Crippen molar-refractivity contribution >= 4 is 5.82 Å². The van der Waals surface area contributed by atoms with Crippen LogP contribution in [-0.4, -0.2) is 39.6 Å². The van der Waals surface area contributed by atoms with Gasteiger partial charge in [0.15, 0.2) is 5.82 Å². The summed E-state index contributed by atoms with van der Waals surface area (Å²) in [6, 6.07) is 1.14. The molecular weight excluding hydrogens is 240 g/mol. The molecule has 5 nitrogen and oxygen atoms in total. The summed E-state index contributed by atoms with van der Waals surface area (Å²) in [5.74, 6) is 0.509. The minimum Gasteiger partial charge on any atom is -0.361 e. The molecule has 2 unspecified atom stereocenters. The van der Waals surface area contributed by atoms with Crippen LogP contribution in [0, 0.1) is 0 Å². The Morgan fingerprint density at radius 1 is 1.37 bits per heavy atom. The zero-order chi connectivity index (χ0) is 13.4. The molecule has 2 aliphatic heterocycles. The van der Waals surface area contributed by atoms with Crippen LogP contribution in [0.5, 0.6) is 0 Å². The quantitative estimate of drug-likeness (QED) is 0.896. The maximum atomic E-state index is 12.3. The van der Waals surface area contributed by atoms with Gasteiger partial charge < -0.3 is 9.88 Å². The Morgan fingerprint density at radius 2 is 2.21 bits per heavy atom. The maximum Gasteiger partial charge on any atom is 0.293 e. The van der Waals surface area contributed by atoms with Gasteiger partial charge in [-0.05, 0) is 39.7 Å². The van der Waals surface area contributed by atoms with Gasteiger partial charge in [0.05, 0.1) is 0 Å². The average molecular weight is 262 g/mol. The van der Waals surface area contributed by atoms with Crippen LogP contribution in [0.1, 0.15) is 39.2 Å². The highest BCUT2D eigenvalue weighted by Crippen LogP contribution is 2.29. The van der Waals surface area contributed by atoms with E-state index in [1.807, 2.05) is 13.8 Å². The first-order valence-corrected chi connectivity index (χ1v) is 7.24. The molecule has 2 atom stereocenters. The van der Waals surface area contributed by atoms with Gasteiger partial charge in [-0.3, -0.25) is 9.69 Å². The van der Waals surface area contributed by atoms with Crippen LogP contribution in [-0.2, 0) is 0 Å². The Bertz CT molecular complexity index is 510. The van der Waals surface area contributed by atoms with Crippen molar-refractivity contribution in [3.8, 4) is 0 Å². The first-order chi connectivity index (χ1) is 9.16. The first-order valence-electron chi connectivity index (χ1n) is 7.24. The Hall–Kier alpha value is -1.36. The van der Waals surface area contributed by atoms with E-state index in [1.54, 1.807) is 17.0 Å². The Morgan fingerprint density at radius 3 is 3.00 bits per heavy atom. The lowest BCUT2D eigenvalue weighted by molar-refractivity contribution is 0.318. The average Bonchev–Trinajstić information content (AvgIpc) is 2.96. The number of hydrogen-bond acceptors (Lipinski definition) is 4. The number of nitrogens with one attached hydrogen (secondary N) is 1. The van der Waals surface area contributed by atoms with Crippen LogP contribution in [0.25, 0.3) is 0 Å². The topological polar surface area (TPSA) is 50.2 Å². The van der Waals surface area contributed by atoms with E-state index in [2.05, 4.69) is 15.2 Å². The van der Waals surface area contributed by atoms with E-state index in [9.17, 15) is 4.79 Å². The van der Waals surface area contributed by atoms with Gasteiger partial charge in [0.25, 0.3) is 5.56 Å². The van der Waals surface area contributed by atoms with E-state index in [-0.39, 0.29) is 11.6 Å². The number of anilines is 1. The predicted octanol–water partition coefficient (Wildman–Crippen LogP) is 1.47. The number of nitrogens with zero attached hydrogens (tertiary/aromatic N) is 3. The van der Waals surface area contributed by atoms with Crippen molar-refractivity contribution in [2.75, 3.05) is 18.4 Å². The number of hydrogen-bond donors (Lipinski definition) is 1. The highest BCUT2D eigenvalue weighted by atomic mass is 16.1. The molecule has 104 valence electrons. The Labute approximate surface area is 113 Å². The molecule has 0 spiro atoms. The molecule has 3 rings (SSSR count). The van der Waals surface area contributed by atoms with Crippen molar-refractivity contribution in [3.05, 3.63) is 22.7 Å². The monoisotopic (exact) mass is 262 g/mol. The van der Waals surface area contributed by atoms with Crippen LogP contribution in [0.15, 0.2) is 17.2 Å². The summed E-state index contributed by atoms with van der Waals surface area (Å²) in [5, 5.41) is 3.39. The van der Waals surface area contributed by atoms with Gasteiger partial charge >= 0.3 is 0 Å². The SMILES string of the molecule is CC(C)n1ccnc(NC2CCN3CCCC23)c1=O. The molecule has 1 N–H and O–H groups in total. The van der Waals surface area contributed by atoms with Crippen molar-refractivity contribution in [2.24, 2.45) is 0 Å². The van der Waals surface area contributed by atoms with Gasteiger partial charge in [0.1, 0.15) is 0 Å². The molecule has 19 heavy (non-hydrogen) atoms. The van der Waals surface area contributed by atoms with E-state index >= 15 is 0 Å². The van der Waals surface area contributed by atoms with Crippen LogP contribution in [0.3, 0.4) is 0 Å². The standard InChI is InChI=1S/C14H22N4O/c1-10(2)18-9-6-15-13(14(18)19)16-11-5-8-17-7-3-4-12(11)17/h6,9-12H,3-5,7-8H2,1-2H3,(H,15,16). The van der Waals surface area contributed by atoms with Gasteiger partial charge in [-0.25, -0.2) is 4.98 Å². The molecule has 0 bridgehead atoms. The van der Waals surface area contributed by atoms with Crippen LogP contribution in [0.4, 0.5) is 5.82 Å². The molecule has 2 aliphatic rings. The Balaban J connectivity index is 1.80. The fraction of sp³-hybridized carbons (Fsp3) is 0.714. The zero-order valence-electron chi connectivity index (χ0n) is 11.7. The summed E-state index contributed by atoms with van der Waals surface area (Å²) >= 11 is 0. The van der Waals surface area contributed by atoms with Gasteiger partial charge in [-0.15, -0.1) is 0 Å². The van der Waals surface area contributed by atoms with E-state index in [4.69, 9.17) is 0 Å². The molecular formula is C14H22N4O. The molecule has 0 aliphatic carbocycles. The van der Waals surface area contributed by atoms with Gasteiger partial charge in [-0.2, -0.15) is 0 Å². The fourth-order valence-electron chi connectivity index (χ4n) is 3.36. The van der Waals surface area contributed by atoms with Crippen LogP contribution in [0.2, 0.25) is 0 Å². The molecule has 3 heterocycles. The van der Waals surface area contributed by atoms with Crippen LogP contribution < -0.4 is 10.9 Å². The van der Waals surface area contributed by atoms with Crippen LogP contribution >= 0.6 is 0 Å². The third-order valence-corrected chi connectivity index (χ3v) is 4.35. The van der Waals surface area contributed by atoms with Crippen molar-refractivity contribution in [1.29, 1.82) is 0 Å². The molecule has 1 aromatic heterocycles. The molecule has 2 saturated heterocycles. The van der Waals surface area contributed by atoms with Crippen molar-refractivity contribution in [3.63, 3.8) is 0 Å². The van der Waals surface area contributed by atoms with Crippen molar-refractivity contribution in [2.45, 2.75) is 51.2 Å². The lowest BCUT2D eigenvalue weighted by Crippen LogP contribution is -2.36. The van der Waals surface area contributed by atoms with Gasteiger partial charge in [0, 0.05) is 37.1 Å². The normalized spacial score (nSPS) is 26.9. The molecule has 0 radical (unpaired) electrons. The minimum atomic E-state index is -0.00560. The zero-order valence-corrected chi connectivity index (χ0v) is 11.7. The summed E-state index contributed by atoms with van der Waals surface area (Å²) in [6.07, 6.45) is 7.10. The molecule has 0 saturated carbocycles.